The Labute approximate surface area is 103 Å². The molecule has 17 heavy (non-hydrogen) atoms. The molecule has 1 aromatic heterocycles. The average Bonchev–Trinajstić information content (AvgIpc) is 2.90. The van der Waals surface area contributed by atoms with E-state index in [4.69, 9.17) is 4.52 Å². The van der Waals surface area contributed by atoms with E-state index in [1.165, 1.54) is 31.6 Å². The van der Waals surface area contributed by atoms with E-state index in [2.05, 4.69) is 22.3 Å². The summed E-state index contributed by atoms with van der Waals surface area (Å²) in [7, 11) is 0. The van der Waals surface area contributed by atoms with Crippen molar-refractivity contribution in [1.29, 1.82) is 0 Å². The van der Waals surface area contributed by atoms with E-state index in [1.54, 1.807) is 0 Å². The molecule has 1 aliphatic heterocycles. The molecule has 0 radical (unpaired) electrons. The lowest BCUT2D eigenvalue weighted by Crippen LogP contribution is -2.26. The van der Waals surface area contributed by atoms with Crippen LogP contribution in [0.2, 0.25) is 0 Å². The molecule has 1 aromatic rings. The van der Waals surface area contributed by atoms with Gasteiger partial charge in [-0.1, -0.05) is 12.1 Å². The third-order valence-corrected chi connectivity index (χ3v) is 3.73. The molecule has 0 aromatic carbocycles. The first kappa shape index (κ1) is 12.6. The van der Waals surface area contributed by atoms with Crippen molar-refractivity contribution in [1.82, 2.24) is 15.4 Å². The molecule has 1 aliphatic rings. The first-order valence-electron chi connectivity index (χ1n) is 6.55. The van der Waals surface area contributed by atoms with Gasteiger partial charge in [-0.15, -0.1) is 0 Å². The predicted octanol–water partition coefficient (Wildman–Crippen LogP) is 1.72. The lowest BCUT2D eigenvalue weighted by atomic mass is 10.1. The van der Waals surface area contributed by atoms with E-state index in [0.29, 0.717) is 0 Å². The van der Waals surface area contributed by atoms with Gasteiger partial charge >= 0.3 is 0 Å². The zero-order valence-corrected chi connectivity index (χ0v) is 11.1. The predicted molar refractivity (Wildman–Crippen MR) is 67.9 cm³/mol. The number of hydrogen-bond acceptors (Lipinski definition) is 4. The van der Waals surface area contributed by atoms with Gasteiger partial charge in [0.05, 0.1) is 5.69 Å². The highest BCUT2D eigenvalue weighted by molar-refractivity contribution is 5.20. The molecule has 1 atom stereocenters. The fourth-order valence-corrected chi connectivity index (χ4v) is 2.52. The minimum absolute atomic E-state index is 0.801. The van der Waals surface area contributed by atoms with Crippen molar-refractivity contribution in [2.75, 3.05) is 26.2 Å². The SMILES string of the molecule is CCN1CCC(CNCc2c(C)noc2C)C1. The Bertz CT molecular complexity index is 342. The Kier molecular flexibility index (Phi) is 4.18. The summed E-state index contributed by atoms with van der Waals surface area (Å²) in [6, 6.07) is 0. The van der Waals surface area contributed by atoms with E-state index >= 15 is 0 Å². The van der Waals surface area contributed by atoms with Gasteiger partial charge in [0.1, 0.15) is 5.76 Å². The van der Waals surface area contributed by atoms with Gasteiger partial charge in [-0.05, 0) is 45.8 Å². The van der Waals surface area contributed by atoms with Crippen LogP contribution in [0, 0.1) is 19.8 Å². The van der Waals surface area contributed by atoms with Crippen molar-refractivity contribution in [2.24, 2.45) is 5.92 Å². The molecule has 0 spiro atoms. The monoisotopic (exact) mass is 237 g/mol. The van der Waals surface area contributed by atoms with Gasteiger partial charge in [-0.25, -0.2) is 0 Å². The molecule has 0 bridgehead atoms. The maximum Gasteiger partial charge on any atom is 0.138 e. The molecular formula is C13H23N3O. The topological polar surface area (TPSA) is 41.3 Å². The van der Waals surface area contributed by atoms with Crippen LogP contribution in [-0.4, -0.2) is 36.2 Å². The van der Waals surface area contributed by atoms with Gasteiger partial charge in [-0.2, -0.15) is 0 Å². The van der Waals surface area contributed by atoms with Gasteiger partial charge in [0, 0.05) is 18.7 Å². The number of aromatic nitrogens is 1. The van der Waals surface area contributed by atoms with E-state index in [9.17, 15) is 0 Å². The standard InChI is InChI=1S/C13H23N3O/c1-4-16-6-5-12(9-16)7-14-8-13-10(2)15-17-11(13)3/h12,14H,4-9H2,1-3H3. The highest BCUT2D eigenvalue weighted by Crippen LogP contribution is 2.16. The van der Waals surface area contributed by atoms with E-state index in [1.807, 2.05) is 13.8 Å². The molecular weight excluding hydrogens is 214 g/mol. The summed E-state index contributed by atoms with van der Waals surface area (Å²) in [5.41, 5.74) is 2.23. The number of likely N-dealkylation sites (tertiary alicyclic amines) is 1. The Morgan fingerprint density at radius 2 is 2.29 bits per heavy atom. The van der Waals surface area contributed by atoms with Crippen LogP contribution in [0.1, 0.15) is 30.4 Å². The number of nitrogens with zero attached hydrogens (tertiary/aromatic N) is 2. The lowest BCUT2D eigenvalue weighted by molar-refractivity contribution is 0.338. The Morgan fingerprint density at radius 1 is 1.47 bits per heavy atom. The second kappa shape index (κ2) is 5.65. The van der Waals surface area contributed by atoms with Gasteiger partial charge in [0.25, 0.3) is 0 Å². The summed E-state index contributed by atoms with van der Waals surface area (Å²) in [6.07, 6.45) is 1.32. The largest absolute Gasteiger partial charge is 0.361 e. The molecule has 1 fully saturated rings. The van der Waals surface area contributed by atoms with E-state index < -0.39 is 0 Å². The Morgan fingerprint density at radius 3 is 2.88 bits per heavy atom. The molecule has 2 heterocycles. The maximum atomic E-state index is 5.15. The molecule has 2 rings (SSSR count). The molecule has 96 valence electrons. The highest BCUT2D eigenvalue weighted by atomic mass is 16.5. The number of nitrogens with one attached hydrogen (secondary N) is 1. The van der Waals surface area contributed by atoms with Gasteiger partial charge in [0.2, 0.25) is 0 Å². The molecule has 1 saturated heterocycles. The second-order valence-electron chi connectivity index (χ2n) is 4.98. The van der Waals surface area contributed by atoms with Crippen LogP contribution in [0.25, 0.3) is 0 Å². The van der Waals surface area contributed by atoms with Crippen molar-refractivity contribution in [2.45, 2.75) is 33.7 Å². The molecule has 0 amide bonds. The van der Waals surface area contributed by atoms with Crippen molar-refractivity contribution in [3.63, 3.8) is 0 Å². The van der Waals surface area contributed by atoms with Crippen LogP contribution in [0.3, 0.4) is 0 Å². The average molecular weight is 237 g/mol. The summed E-state index contributed by atoms with van der Waals surface area (Å²) in [5.74, 6) is 1.74. The number of rotatable bonds is 5. The van der Waals surface area contributed by atoms with Crippen molar-refractivity contribution < 1.29 is 4.52 Å². The van der Waals surface area contributed by atoms with Gasteiger partial charge < -0.3 is 14.7 Å². The molecule has 4 heteroatoms. The molecule has 1 N–H and O–H groups in total. The minimum Gasteiger partial charge on any atom is -0.361 e. The quantitative estimate of drug-likeness (QED) is 0.846. The first-order valence-corrected chi connectivity index (χ1v) is 6.55. The normalized spacial score (nSPS) is 21.2. The first-order chi connectivity index (χ1) is 8.20. The highest BCUT2D eigenvalue weighted by Gasteiger charge is 2.20. The van der Waals surface area contributed by atoms with Crippen molar-refractivity contribution in [3.05, 3.63) is 17.0 Å². The minimum atomic E-state index is 0.801. The third-order valence-electron chi connectivity index (χ3n) is 3.73. The summed E-state index contributed by atoms with van der Waals surface area (Å²) in [6.45, 7) is 11.9. The fraction of sp³-hybridized carbons (Fsp3) is 0.769. The van der Waals surface area contributed by atoms with E-state index in [0.717, 1.165) is 30.5 Å². The molecule has 0 aliphatic carbocycles. The van der Waals surface area contributed by atoms with Crippen LogP contribution < -0.4 is 5.32 Å². The van der Waals surface area contributed by atoms with Crippen LogP contribution in [0.4, 0.5) is 0 Å². The second-order valence-corrected chi connectivity index (χ2v) is 4.98. The lowest BCUT2D eigenvalue weighted by Gasteiger charge is -2.13. The van der Waals surface area contributed by atoms with Crippen LogP contribution in [-0.2, 0) is 6.54 Å². The summed E-state index contributed by atoms with van der Waals surface area (Å²) in [5, 5.41) is 7.50. The fourth-order valence-electron chi connectivity index (χ4n) is 2.52. The van der Waals surface area contributed by atoms with Crippen LogP contribution >= 0.6 is 0 Å². The Balaban J connectivity index is 1.73. The van der Waals surface area contributed by atoms with Gasteiger partial charge in [-0.3, -0.25) is 0 Å². The van der Waals surface area contributed by atoms with Crippen molar-refractivity contribution >= 4 is 0 Å². The van der Waals surface area contributed by atoms with Gasteiger partial charge in [0.15, 0.2) is 0 Å². The summed E-state index contributed by atoms with van der Waals surface area (Å²) in [4.78, 5) is 2.52. The van der Waals surface area contributed by atoms with Crippen LogP contribution in [0.5, 0.6) is 0 Å². The molecule has 0 saturated carbocycles. The molecule has 1 unspecified atom stereocenters. The number of hydrogen-bond donors (Lipinski definition) is 1. The zero-order valence-electron chi connectivity index (χ0n) is 11.1. The third kappa shape index (κ3) is 3.07. The zero-order chi connectivity index (χ0) is 12.3. The smallest absolute Gasteiger partial charge is 0.138 e. The van der Waals surface area contributed by atoms with E-state index in [-0.39, 0.29) is 0 Å². The summed E-state index contributed by atoms with van der Waals surface area (Å²) < 4.78 is 5.15. The Hall–Kier alpha value is -0.870. The summed E-state index contributed by atoms with van der Waals surface area (Å²) >= 11 is 0. The van der Waals surface area contributed by atoms with Crippen LogP contribution in [0.15, 0.2) is 4.52 Å². The van der Waals surface area contributed by atoms with Crippen molar-refractivity contribution in [3.8, 4) is 0 Å². The number of aryl methyl sites for hydroxylation is 2. The molecule has 4 nitrogen and oxygen atoms in total. The maximum absolute atomic E-state index is 5.15.